The van der Waals surface area contributed by atoms with E-state index in [9.17, 15) is 17.6 Å². The lowest BCUT2D eigenvalue weighted by atomic mass is 10.2. The molecule has 0 heterocycles. The second kappa shape index (κ2) is 6.93. The van der Waals surface area contributed by atoms with Crippen LogP contribution >= 0.6 is 0 Å². The number of para-hydroxylation sites is 1. The van der Waals surface area contributed by atoms with E-state index in [0.717, 1.165) is 6.07 Å². The van der Waals surface area contributed by atoms with Crippen LogP contribution in [0.2, 0.25) is 0 Å². The minimum Gasteiger partial charge on any atom is -0.405 e. The molecule has 0 aliphatic carbocycles. The van der Waals surface area contributed by atoms with Gasteiger partial charge in [0.25, 0.3) is 0 Å². The van der Waals surface area contributed by atoms with E-state index in [1.54, 1.807) is 6.07 Å². The van der Waals surface area contributed by atoms with Crippen molar-refractivity contribution < 1.29 is 27.1 Å². The Labute approximate surface area is 123 Å². The van der Waals surface area contributed by atoms with Crippen molar-refractivity contribution in [2.45, 2.75) is 13.0 Å². The zero-order valence-electron chi connectivity index (χ0n) is 11.1. The van der Waals surface area contributed by atoms with Gasteiger partial charge in [-0.25, -0.2) is 4.39 Å². The summed E-state index contributed by atoms with van der Waals surface area (Å²) in [4.78, 5) is 4.83. The maximum Gasteiger partial charge on any atom is 0.573 e. The summed E-state index contributed by atoms with van der Waals surface area (Å²) in [5.74, 6) is -0.910. The van der Waals surface area contributed by atoms with Crippen molar-refractivity contribution >= 4 is 6.21 Å². The van der Waals surface area contributed by atoms with Crippen LogP contribution in [0.15, 0.2) is 53.7 Å². The lowest BCUT2D eigenvalue weighted by Gasteiger charge is -2.12. The minimum absolute atomic E-state index is 0.0855. The Kier molecular flexibility index (Phi) is 4.98. The fourth-order valence-corrected chi connectivity index (χ4v) is 1.58. The Morgan fingerprint density at radius 1 is 1.00 bits per heavy atom. The molecule has 0 atom stereocenters. The van der Waals surface area contributed by atoms with Gasteiger partial charge >= 0.3 is 6.36 Å². The lowest BCUT2D eigenvalue weighted by molar-refractivity contribution is -0.275. The fraction of sp³-hybridized carbons (Fsp3) is 0.133. The first-order chi connectivity index (χ1) is 10.5. The van der Waals surface area contributed by atoms with Crippen molar-refractivity contribution in [2.75, 3.05) is 0 Å². The van der Waals surface area contributed by atoms with Gasteiger partial charge in [-0.2, -0.15) is 0 Å². The van der Waals surface area contributed by atoms with Gasteiger partial charge in [-0.1, -0.05) is 35.5 Å². The first-order valence-electron chi connectivity index (χ1n) is 6.12. The van der Waals surface area contributed by atoms with Crippen molar-refractivity contribution in [3.63, 3.8) is 0 Å². The highest BCUT2D eigenvalue weighted by Crippen LogP contribution is 2.26. The Hall–Kier alpha value is -2.57. The molecule has 0 amide bonds. The van der Waals surface area contributed by atoms with Crippen molar-refractivity contribution in [1.29, 1.82) is 0 Å². The molecule has 2 aromatic rings. The minimum atomic E-state index is -4.79. The van der Waals surface area contributed by atoms with Crippen molar-refractivity contribution in [2.24, 2.45) is 5.16 Å². The number of ether oxygens (including phenoxy) is 1. The molecule has 22 heavy (non-hydrogen) atoms. The number of hydrogen-bond acceptors (Lipinski definition) is 3. The number of alkyl halides is 3. The van der Waals surface area contributed by atoms with Gasteiger partial charge in [-0.05, 0) is 18.2 Å². The quantitative estimate of drug-likeness (QED) is 0.472. The smallest absolute Gasteiger partial charge is 0.405 e. The Bertz CT molecular complexity index is 656. The van der Waals surface area contributed by atoms with Crippen LogP contribution in [0.5, 0.6) is 5.75 Å². The third-order valence-corrected chi connectivity index (χ3v) is 2.52. The summed E-state index contributed by atoms with van der Waals surface area (Å²) in [5, 5.41) is 3.41. The molecule has 0 unspecified atom stereocenters. The van der Waals surface area contributed by atoms with E-state index >= 15 is 0 Å². The van der Waals surface area contributed by atoms with Gasteiger partial charge in [0, 0.05) is 11.1 Å². The molecule has 115 valence electrons. The molecule has 0 aromatic heterocycles. The molecule has 0 aliphatic heterocycles. The molecule has 2 aromatic carbocycles. The van der Waals surface area contributed by atoms with E-state index in [0.29, 0.717) is 0 Å². The molecule has 0 saturated heterocycles. The average Bonchev–Trinajstić information content (AvgIpc) is 2.45. The molecule has 0 N–H and O–H groups in total. The van der Waals surface area contributed by atoms with E-state index in [4.69, 9.17) is 4.84 Å². The van der Waals surface area contributed by atoms with Crippen LogP contribution in [-0.2, 0) is 11.4 Å². The van der Waals surface area contributed by atoms with Crippen LogP contribution in [0.3, 0.4) is 0 Å². The first kappa shape index (κ1) is 15.8. The molecule has 3 nitrogen and oxygen atoms in total. The number of nitrogens with zero attached hydrogens (tertiary/aromatic N) is 1. The van der Waals surface area contributed by atoms with Gasteiger partial charge < -0.3 is 9.57 Å². The average molecular weight is 312 g/mol. The summed E-state index contributed by atoms with van der Waals surface area (Å²) in [6, 6.07) is 11.3. The third-order valence-electron chi connectivity index (χ3n) is 2.52. The second-order valence-electron chi connectivity index (χ2n) is 4.11. The molecule has 0 saturated carbocycles. The number of hydrogen-bond donors (Lipinski definition) is 0. The molecule has 1 radical (unpaired) electrons. The molecule has 0 bridgehead atoms. The van der Waals surface area contributed by atoms with E-state index in [2.05, 4.69) is 16.1 Å². The highest BCUT2D eigenvalue weighted by molar-refractivity contribution is 5.79. The van der Waals surface area contributed by atoms with Crippen LogP contribution in [0, 0.1) is 5.82 Å². The van der Waals surface area contributed by atoms with Gasteiger partial charge in [0.2, 0.25) is 0 Å². The van der Waals surface area contributed by atoms with Gasteiger partial charge in [-0.3, -0.25) is 0 Å². The van der Waals surface area contributed by atoms with Gasteiger partial charge in [-0.15, -0.1) is 13.2 Å². The predicted molar refractivity (Wildman–Crippen MR) is 70.9 cm³/mol. The summed E-state index contributed by atoms with van der Waals surface area (Å²) < 4.78 is 53.8. The number of rotatable bonds is 5. The summed E-state index contributed by atoms with van der Waals surface area (Å²) in [7, 11) is 0. The largest absolute Gasteiger partial charge is 0.573 e. The maximum atomic E-state index is 13.3. The standard InChI is InChI=1S/C15H10F4NO2/c16-13-7-3-1-5-11(13)9-20-21-10-12-6-2-4-8-14(12)22-15(17,18)19/h1-8H,10H2. The maximum absolute atomic E-state index is 13.3. The molecular weight excluding hydrogens is 302 g/mol. The second-order valence-corrected chi connectivity index (χ2v) is 4.11. The summed E-state index contributed by atoms with van der Waals surface area (Å²) in [5.41, 5.74) is 0.237. The van der Waals surface area contributed by atoms with Gasteiger partial charge in [0.1, 0.15) is 24.4 Å². The Morgan fingerprint density at radius 2 is 1.68 bits per heavy atom. The first-order valence-corrected chi connectivity index (χ1v) is 6.12. The highest BCUT2D eigenvalue weighted by atomic mass is 19.4. The summed E-state index contributed by atoms with van der Waals surface area (Å²) in [6.45, 7) is -0.270. The zero-order chi connectivity index (χ0) is 16.0. The van der Waals surface area contributed by atoms with Gasteiger partial charge in [0.15, 0.2) is 0 Å². The van der Waals surface area contributed by atoms with Crippen LogP contribution in [-0.4, -0.2) is 12.6 Å². The van der Waals surface area contributed by atoms with Gasteiger partial charge in [0.05, 0.1) is 0 Å². The van der Waals surface area contributed by atoms with E-state index in [1.165, 1.54) is 36.4 Å². The number of benzene rings is 2. The molecular formula is C15H10F4NO2. The molecule has 0 aliphatic rings. The van der Waals surface area contributed by atoms with Crippen molar-refractivity contribution in [3.05, 3.63) is 65.5 Å². The molecule has 0 fully saturated rings. The van der Waals surface area contributed by atoms with Crippen LogP contribution in [0.25, 0.3) is 0 Å². The van der Waals surface area contributed by atoms with Crippen LogP contribution in [0.4, 0.5) is 17.6 Å². The number of halogens is 4. The SMILES string of the molecule is Fc1ccccc1/[C]=N\OCc1ccccc1OC(F)(F)F. The fourth-order valence-electron chi connectivity index (χ4n) is 1.58. The van der Waals surface area contributed by atoms with Crippen LogP contribution in [0.1, 0.15) is 11.1 Å². The van der Waals surface area contributed by atoms with E-state index < -0.39 is 12.2 Å². The Morgan fingerprint density at radius 3 is 2.41 bits per heavy atom. The predicted octanol–water partition coefficient (Wildman–Crippen LogP) is 4.15. The molecule has 0 spiro atoms. The van der Waals surface area contributed by atoms with E-state index in [1.807, 2.05) is 0 Å². The third kappa shape index (κ3) is 4.76. The monoisotopic (exact) mass is 312 g/mol. The lowest BCUT2D eigenvalue weighted by Crippen LogP contribution is -2.18. The highest BCUT2D eigenvalue weighted by Gasteiger charge is 2.32. The summed E-state index contributed by atoms with van der Waals surface area (Å²) in [6.07, 6.45) is -2.48. The normalized spacial score (nSPS) is 11.6. The Balaban J connectivity index is 1.99. The molecule has 2 rings (SSSR count). The van der Waals surface area contributed by atoms with Crippen LogP contribution < -0.4 is 4.74 Å². The zero-order valence-corrected chi connectivity index (χ0v) is 11.1. The van der Waals surface area contributed by atoms with E-state index in [-0.39, 0.29) is 23.5 Å². The topological polar surface area (TPSA) is 30.8 Å². The summed E-state index contributed by atoms with van der Waals surface area (Å²) >= 11 is 0. The molecule has 7 heteroatoms. The van der Waals surface area contributed by atoms with Crippen molar-refractivity contribution in [3.8, 4) is 5.75 Å². The van der Waals surface area contributed by atoms with Crippen molar-refractivity contribution in [1.82, 2.24) is 0 Å².